The highest BCUT2D eigenvalue weighted by Gasteiger charge is 2.12. The zero-order valence-electron chi connectivity index (χ0n) is 6.92. The number of aliphatic imine (C=N–C) groups is 1. The second-order valence-corrected chi connectivity index (χ2v) is 2.30. The first-order valence-corrected chi connectivity index (χ1v) is 3.53. The van der Waals surface area contributed by atoms with Crippen LogP contribution in [0.25, 0.3) is 0 Å². The van der Waals surface area contributed by atoms with Gasteiger partial charge < -0.3 is 10.1 Å². The molecular formula is C8H11N3O. The van der Waals surface area contributed by atoms with E-state index in [1.165, 1.54) is 0 Å². The molecule has 0 radical (unpaired) electrons. The molecule has 0 atom stereocenters. The van der Waals surface area contributed by atoms with E-state index in [2.05, 4.69) is 16.9 Å². The molecule has 64 valence electrons. The van der Waals surface area contributed by atoms with Crippen molar-refractivity contribution in [1.29, 1.82) is 5.41 Å². The van der Waals surface area contributed by atoms with Crippen LogP contribution in [-0.4, -0.2) is 25.7 Å². The van der Waals surface area contributed by atoms with E-state index in [0.717, 1.165) is 0 Å². The third kappa shape index (κ3) is 1.95. The monoisotopic (exact) mass is 165 g/mol. The molecular weight excluding hydrogens is 154 g/mol. The lowest BCUT2D eigenvalue weighted by Crippen LogP contribution is -2.32. The van der Waals surface area contributed by atoms with E-state index in [4.69, 9.17) is 10.1 Å². The van der Waals surface area contributed by atoms with Crippen molar-refractivity contribution >= 4 is 12.1 Å². The maximum atomic E-state index is 7.28. The van der Waals surface area contributed by atoms with E-state index in [1.54, 1.807) is 19.3 Å². The van der Waals surface area contributed by atoms with Gasteiger partial charge in [0, 0.05) is 13.3 Å². The number of nitrogens with zero attached hydrogens (tertiary/aromatic N) is 1. The molecule has 0 amide bonds. The van der Waals surface area contributed by atoms with Crippen molar-refractivity contribution in [3.05, 3.63) is 24.1 Å². The molecule has 1 saturated heterocycles. The van der Waals surface area contributed by atoms with Crippen LogP contribution in [0.4, 0.5) is 0 Å². The van der Waals surface area contributed by atoms with Gasteiger partial charge in [0.05, 0.1) is 5.70 Å². The zero-order valence-corrected chi connectivity index (χ0v) is 6.92. The van der Waals surface area contributed by atoms with Crippen molar-refractivity contribution in [2.45, 2.75) is 0 Å². The minimum atomic E-state index is 0.263. The van der Waals surface area contributed by atoms with Gasteiger partial charge in [-0.3, -0.25) is 10.4 Å². The van der Waals surface area contributed by atoms with Crippen LogP contribution in [0, 0.1) is 5.41 Å². The smallest absolute Gasteiger partial charge is 0.145 e. The maximum absolute atomic E-state index is 7.28. The first-order valence-electron chi connectivity index (χ1n) is 3.53. The molecule has 0 saturated carbocycles. The lowest BCUT2D eigenvalue weighted by molar-refractivity contribution is 0.252. The summed E-state index contributed by atoms with van der Waals surface area (Å²) in [6.07, 6.45) is 3.34. The summed E-state index contributed by atoms with van der Waals surface area (Å²) in [5.74, 6) is 0.879. The number of hydrogen-bond acceptors (Lipinski definition) is 3. The Morgan fingerprint density at radius 3 is 3.17 bits per heavy atom. The van der Waals surface area contributed by atoms with Gasteiger partial charge in [0.15, 0.2) is 0 Å². The molecule has 0 aliphatic carbocycles. The van der Waals surface area contributed by atoms with Crippen molar-refractivity contribution in [2.24, 2.45) is 4.99 Å². The predicted molar refractivity (Wildman–Crippen MR) is 48.5 cm³/mol. The van der Waals surface area contributed by atoms with Crippen LogP contribution in [0.2, 0.25) is 0 Å². The largest absolute Gasteiger partial charge is 0.484 e. The molecule has 0 aromatic rings. The number of nitrogens with one attached hydrogen (secondary N) is 2. The molecule has 0 unspecified atom stereocenters. The third-order valence-electron chi connectivity index (χ3n) is 1.37. The normalized spacial score (nSPS) is 21.2. The van der Waals surface area contributed by atoms with Gasteiger partial charge >= 0.3 is 0 Å². The number of allylic oxidation sites excluding steroid dienone is 1. The Hall–Kier alpha value is -1.58. The Labute approximate surface area is 71.2 Å². The van der Waals surface area contributed by atoms with Crippen LogP contribution >= 0.6 is 0 Å². The fourth-order valence-electron chi connectivity index (χ4n) is 0.789. The van der Waals surface area contributed by atoms with Gasteiger partial charge in [0.2, 0.25) is 0 Å². The van der Waals surface area contributed by atoms with Crippen LogP contribution in [0.5, 0.6) is 0 Å². The Kier molecular flexibility index (Phi) is 2.63. The SMILES string of the molecule is C=C1OCC(=N)N/C1=C/C=N\C. The van der Waals surface area contributed by atoms with Crippen LogP contribution < -0.4 is 5.32 Å². The van der Waals surface area contributed by atoms with Crippen LogP contribution in [0.3, 0.4) is 0 Å². The molecule has 12 heavy (non-hydrogen) atoms. The Morgan fingerprint density at radius 2 is 2.50 bits per heavy atom. The van der Waals surface area contributed by atoms with Gasteiger partial charge in [-0.25, -0.2) is 0 Å². The maximum Gasteiger partial charge on any atom is 0.145 e. The molecule has 4 heteroatoms. The molecule has 2 N–H and O–H groups in total. The van der Waals surface area contributed by atoms with Gasteiger partial charge in [-0.15, -0.1) is 0 Å². The summed E-state index contributed by atoms with van der Waals surface area (Å²) in [6, 6.07) is 0. The van der Waals surface area contributed by atoms with Crippen LogP contribution in [0.15, 0.2) is 29.1 Å². The van der Waals surface area contributed by atoms with Gasteiger partial charge in [-0.2, -0.15) is 0 Å². The fraction of sp³-hybridized carbons (Fsp3) is 0.250. The highest BCUT2D eigenvalue weighted by atomic mass is 16.5. The van der Waals surface area contributed by atoms with Crippen LogP contribution in [-0.2, 0) is 4.74 Å². The van der Waals surface area contributed by atoms with Crippen molar-refractivity contribution in [2.75, 3.05) is 13.7 Å². The van der Waals surface area contributed by atoms with Crippen molar-refractivity contribution in [3.63, 3.8) is 0 Å². The summed E-state index contributed by atoms with van der Waals surface area (Å²) in [5.41, 5.74) is 0.692. The average Bonchev–Trinajstić information content (AvgIpc) is 2.07. The lowest BCUT2D eigenvalue weighted by atomic mass is 10.3. The summed E-state index contributed by atoms with van der Waals surface area (Å²) in [4.78, 5) is 3.78. The predicted octanol–water partition coefficient (Wildman–Crippen LogP) is 0.682. The van der Waals surface area contributed by atoms with E-state index >= 15 is 0 Å². The molecule has 0 aromatic carbocycles. The first kappa shape index (κ1) is 8.52. The molecule has 0 bridgehead atoms. The minimum absolute atomic E-state index is 0.263. The topological polar surface area (TPSA) is 57.5 Å². The first-order chi connectivity index (χ1) is 5.74. The number of ether oxygens (including phenoxy) is 1. The molecule has 0 aromatic heterocycles. The van der Waals surface area contributed by atoms with Crippen molar-refractivity contribution < 1.29 is 4.74 Å². The van der Waals surface area contributed by atoms with E-state index in [0.29, 0.717) is 17.3 Å². The quantitative estimate of drug-likeness (QED) is 0.561. The van der Waals surface area contributed by atoms with Crippen molar-refractivity contribution in [3.8, 4) is 0 Å². The highest BCUT2D eigenvalue weighted by molar-refractivity contribution is 5.85. The Bertz CT molecular complexity index is 265. The molecule has 1 heterocycles. The zero-order chi connectivity index (χ0) is 8.97. The molecule has 4 nitrogen and oxygen atoms in total. The third-order valence-corrected chi connectivity index (χ3v) is 1.37. The van der Waals surface area contributed by atoms with Crippen molar-refractivity contribution in [1.82, 2.24) is 5.32 Å². The Morgan fingerprint density at radius 1 is 1.75 bits per heavy atom. The van der Waals surface area contributed by atoms with E-state index in [-0.39, 0.29) is 6.61 Å². The number of amidine groups is 1. The fourth-order valence-corrected chi connectivity index (χ4v) is 0.789. The second kappa shape index (κ2) is 3.71. The lowest BCUT2D eigenvalue weighted by Gasteiger charge is -2.20. The molecule has 1 rings (SSSR count). The van der Waals surface area contributed by atoms with Gasteiger partial charge in [0.1, 0.15) is 18.2 Å². The standard InChI is InChI=1S/C8H11N3O/c1-6-7(3-4-10-2)11-8(9)5-12-6/h3-4H,1,5H2,2H3,(H2,9,11)/b7-3+,10-4-. The molecule has 1 aliphatic rings. The molecule has 1 aliphatic heterocycles. The summed E-state index contributed by atoms with van der Waals surface area (Å²) in [7, 11) is 1.68. The second-order valence-electron chi connectivity index (χ2n) is 2.30. The number of morpholine rings is 1. The van der Waals surface area contributed by atoms with Gasteiger partial charge in [-0.1, -0.05) is 6.58 Å². The summed E-state index contributed by atoms with van der Waals surface area (Å²) in [5, 5.41) is 10.1. The summed E-state index contributed by atoms with van der Waals surface area (Å²) < 4.78 is 5.09. The van der Waals surface area contributed by atoms with E-state index in [9.17, 15) is 0 Å². The van der Waals surface area contributed by atoms with E-state index in [1.807, 2.05) is 0 Å². The summed E-state index contributed by atoms with van der Waals surface area (Å²) >= 11 is 0. The number of rotatable bonds is 1. The highest BCUT2D eigenvalue weighted by Crippen LogP contribution is 2.09. The minimum Gasteiger partial charge on any atom is -0.484 e. The van der Waals surface area contributed by atoms with Gasteiger partial charge in [-0.05, 0) is 6.08 Å². The van der Waals surface area contributed by atoms with E-state index < -0.39 is 0 Å². The van der Waals surface area contributed by atoms with Gasteiger partial charge in [0.25, 0.3) is 0 Å². The molecule has 0 spiro atoms. The average molecular weight is 165 g/mol. The Balaban J connectivity index is 2.73. The number of hydrogen-bond donors (Lipinski definition) is 2. The molecule has 1 fully saturated rings. The van der Waals surface area contributed by atoms with Crippen LogP contribution in [0.1, 0.15) is 0 Å². The summed E-state index contributed by atoms with van der Waals surface area (Å²) in [6.45, 7) is 3.93.